The number of halogens is 2. The van der Waals surface area contributed by atoms with E-state index in [2.05, 4.69) is 9.73 Å². The van der Waals surface area contributed by atoms with Gasteiger partial charge in [0, 0.05) is 11.3 Å². The van der Waals surface area contributed by atoms with Crippen LogP contribution in [0.4, 0.5) is 14.5 Å². The van der Waals surface area contributed by atoms with Gasteiger partial charge in [-0.2, -0.15) is 0 Å². The highest BCUT2D eigenvalue weighted by Gasteiger charge is 2.46. The molecule has 1 aromatic carbocycles. The second kappa shape index (κ2) is 4.91. The molecule has 1 heterocycles. The first-order chi connectivity index (χ1) is 8.94. The highest BCUT2D eigenvalue weighted by atomic mass is 19.3. The minimum absolute atomic E-state index is 0.207. The van der Waals surface area contributed by atoms with Crippen molar-refractivity contribution in [3.8, 4) is 5.75 Å². The van der Waals surface area contributed by atoms with Crippen LogP contribution in [0, 0.1) is 0 Å². The summed E-state index contributed by atoms with van der Waals surface area (Å²) in [5.74, 6) is -2.84. The van der Waals surface area contributed by atoms with Crippen molar-refractivity contribution in [2.45, 2.75) is 18.9 Å². The van der Waals surface area contributed by atoms with Crippen molar-refractivity contribution >= 4 is 11.7 Å². The summed E-state index contributed by atoms with van der Waals surface area (Å²) >= 11 is 0. The van der Waals surface area contributed by atoms with Crippen LogP contribution in [0.5, 0.6) is 5.75 Å². The number of nitrogens with zero attached hydrogens (tertiary/aromatic N) is 1. The van der Waals surface area contributed by atoms with Crippen molar-refractivity contribution < 1.29 is 18.3 Å². The first-order valence-corrected chi connectivity index (χ1v) is 5.80. The highest BCUT2D eigenvalue weighted by molar-refractivity contribution is 5.73. The molecule has 1 aliphatic rings. The Morgan fingerprint density at radius 3 is 2.89 bits per heavy atom. The van der Waals surface area contributed by atoms with Gasteiger partial charge in [-0.05, 0) is 25.1 Å². The van der Waals surface area contributed by atoms with Gasteiger partial charge in [0.1, 0.15) is 5.75 Å². The van der Waals surface area contributed by atoms with Gasteiger partial charge in [0.2, 0.25) is 0 Å². The van der Waals surface area contributed by atoms with E-state index in [1.165, 1.54) is 6.07 Å². The number of amidine groups is 1. The van der Waals surface area contributed by atoms with Crippen LogP contribution in [-0.2, 0) is 4.74 Å². The van der Waals surface area contributed by atoms with Crippen molar-refractivity contribution in [3.05, 3.63) is 23.8 Å². The predicted molar refractivity (Wildman–Crippen MR) is 67.3 cm³/mol. The predicted octanol–water partition coefficient (Wildman–Crippen LogP) is 1.69. The number of anilines is 1. The van der Waals surface area contributed by atoms with E-state index in [9.17, 15) is 8.78 Å². The first kappa shape index (κ1) is 13.4. The maximum absolute atomic E-state index is 13.9. The molecule has 0 aromatic heterocycles. The number of rotatable bonds is 3. The van der Waals surface area contributed by atoms with Gasteiger partial charge in [-0.25, -0.2) is 13.8 Å². The number of nitrogens with two attached hydrogens (primary N) is 2. The molecule has 0 amide bonds. The Bertz CT molecular complexity index is 506. The minimum Gasteiger partial charge on any atom is -0.494 e. The summed E-state index contributed by atoms with van der Waals surface area (Å²) in [7, 11) is 0. The molecular weight excluding hydrogens is 256 g/mol. The fraction of sp³-hybridized carbons (Fsp3) is 0.417. The molecule has 0 radical (unpaired) electrons. The summed E-state index contributed by atoms with van der Waals surface area (Å²) in [5.41, 5.74) is 11.6. The van der Waals surface area contributed by atoms with Crippen LogP contribution in [0.2, 0.25) is 0 Å². The second-order valence-electron chi connectivity index (χ2n) is 4.15. The van der Waals surface area contributed by atoms with E-state index in [0.717, 1.165) is 0 Å². The largest absolute Gasteiger partial charge is 0.494 e. The lowest BCUT2D eigenvalue weighted by Crippen LogP contribution is -2.39. The van der Waals surface area contributed by atoms with Gasteiger partial charge in [-0.1, -0.05) is 0 Å². The Kier molecular flexibility index (Phi) is 3.46. The zero-order valence-electron chi connectivity index (χ0n) is 10.4. The monoisotopic (exact) mass is 271 g/mol. The zero-order valence-corrected chi connectivity index (χ0v) is 10.4. The Balaban J connectivity index is 2.49. The van der Waals surface area contributed by atoms with Gasteiger partial charge in [0.15, 0.2) is 12.6 Å². The molecule has 0 saturated heterocycles. The van der Waals surface area contributed by atoms with Crippen LogP contribution in [0.3, 0.4) is 0 Å². The van der Waals surface area contributed by atoms with Crippen molar-refractivity contribution in [3.63, 3.8) is 0 Å². The maximum atomic E-state index is 13.9. The Hall–Kier alpha value is -2.05. The van der Waals surface area contributed by atoms with E-state index in [-0.39, 0.29) is 11.6 Å². The third-order valence-electron chi connectivity index (χ3n) is 2.70. The van der Waals surface area contributed by atoms with Crippen LogP contribution in [-0.4, -0.2) is 25.2 Å². The Morgan fingerprint density at radius 1 is 1.47 bits per heavy atom. The molecule has 1 aromatic rings. The molecule has 0 fully saturated rings. The molecule has 0 aliphatic carbocycles. The molecule has 0 saturated carbocycles. The molecule has 1 unspecified atom stereocenters. The van der Waals surface area contributed by atoms with Crippen LogP contribution in [0.1, 0.15) is 18.5 Å². The molecule has 0 bridgehead atoms. The highest BCUT2D eigenvalue weighted by Crippen LogP contribution is 2.41. The van der Waals surface area contributed by atoms with E-state index in [4.69, 9.17) is 16.2 Å². The smallest absolute Gasteiger partial charge is 0.307 e. The number of aliphatic imine (C=N–C) groups is 1. The number of hydrogen-bond acceptors (Lipinski definition) is 5. The molecule has 0 spiro atoms. The third kappa shape index (κ3) is 2.69. The summed E-state index contributed by atoms with van der Waals surface area (Å²) in [5, 5.41) is 0. The lowest BCUT2D eigenvalue weighted by Gasteiger charge is -2.29. The normalized spacial score (nSPS) is 21.4. The van der Waals surface area contributed by atoms with Crippen LogP contribution >= 0.6 is 0 Å². The van der Waals surface area contributed by atoms with Crippen molar-refractivity contribution in [1.29, 1.82) is 0 Å². The second-order valence-corrected chi connectivity index (χ2v) is 4.15. The number of alkyl halides is 2. The molecule has 104 valence electrons. The van der Waals surface area contributed by atoms with Gasteiger partial charge in [-0.15, -0.1) is 0 Å². The van der Waals surface area contributed by atoms with Crippen LogP contribution in [0.25, 0.3) is 0 Å². The maximum Gasteiger partial charge on any atom is 0.307 e. The van der Waals surface area contributed by atoms with Crippen molar-refractivity contribution in [2.75, 3.05) is 18.9 Å². The molecule has 1 aliphatic heterocycles. The Labute approximate surface area is 109 Å². The fourth-order valence-corrected chi connectivity index (χ4v) is 1.87. The van der Waals surface area contributed by atoms with Gasteiger partial charge < -0.3 is 20.9 Å². The van der Waals surface area contributed by atoms with E-state index < -0.39 is 18.6 Å². The molecule has 7 heteroatoms. The molecule has 5 nitrogen and oxygen atoms in total. The van der Waals surface area contributed by atoms with Crippen LogP contribution in [0.15, 0.2) is 23.2 Å². The number of ether oxygens (including phenoxy) is 2. The minimum atomic E-state index is -3.16. The number of benzene rings is 1. The topological polar surface area (TPSA) is 82.9 Å². The first-order valence-electron chi connectivity index (χ1n) is 5.80. The quantitative estimate of drug-likeness (QED) is 0.819. The molecule has 4 N–H and O–H groups in total. The molecule has 19 heavy (non-hydrogen) atoms. The van der Waals surface area contributed by atoms with E-state index in [1.54, 1.807) is 19.1 Å². The van der Waals surface area contributed by atoms with Crippen molar-refractivity contribution in [2.24, 2.45) is 10.7 Å². The Morgan fingerprint density at radius 2 is 2.21 bits per heavy atom. The lowest BCUT2D eigenvalue weighted by molar-refractivity contribution is -0.0785. The van der Waals surface area contributed by atoms with Gasteiger partial charge in [-0.3, -0.25) is 0 Å². The molecule has 1 atom stereocenters. The summed E-state index contributed by atoms with van der Waals surface area (Å²) in [4.78, 5) is 3.68. The van der Waals surface area contributed by atoms with Gasteiger partial charge in [0.05, 0.1) is 6.61 Å². The third-order valence-corrected chi connectivity index (χ3v) is 2.70. The SMILES string of the molecule is CCOc1ccc(N)cc1C1N=C(N)OCC1(F)F. The van der Waals surface area contributed by atoms with Crippen LogP contribution < -0.4 is 16.2 Å². The lowest BCUT2D eigenvalue weighted by atomic mass is 9.99. The number of hydrogen-bond donors (Lipinski definition) is 2. The average molecular weight is 271 g/mol. The van der Waals surface area contributed by atoms with Crippen molar-refractivity contribution in [1.82, 2.24) is 0 Å². The molecular formula is C12H15F2N3O2. The van der Waals surface area contributed by atoms with Gasteiger partial charge in [0.25, 0.3) is 6.02 Å². The standard InChI is InChI=1S/C12H15F2N3O2/c1-2-18-9-4-3-7(15)5-8(9)10-12(13,14)6-19-11(16)17-10/h3-5,10H,2,6,15H2,1H3,(H2,16,17). The van der Waals surface area contributed by atoms with E-state index in [0.29, 0.717) is 18.0 Å². The summed E-state index contributed by atoms with van der Waals surface area (Å²) < 4.78 is 37.7. The van der Waals surface area contributed by atoms with Gasteiger partial charge >= 0.3 is 5.92 Å². The zero-order chi connectivity index (χ0) is 14.0. The summed E-state index contributed by atoms with van der Waals surface area (Å²) in [6.45, 7) is 1.30. The van der Waals surface area contributed by atoms with E-state index >= 15 is 0 Å². The average Bonchev–Trinajstić information content (AvgIpc) is 2.35. The molecule has 2 rings (SSSR count). The summed E-state index contributed by atoms with van der Waals surface area (Å²) in [6.07, 6.45) is 0. The summed E-state index contributed by atoms with van der Waals surface area (Å²) in [6, 6.07) is 2.84. The number of nitrogen functional groups attached to an aromatic ring is 1. The fourth-order valence-electron chi connectivity index (χ4n) is 1.87. The van der Waals surface area contributed by atoms with E-state index in [1.807, 2.05) is 0 Å².